The molecule has 6 nitrogen and oxygen atoms in total. The summed E-state index contributed by atoms with van der Waals surface area (Å²) in [4.78, 5) is 21.0. The van der Waals surface area contributed by atoms with Crippen LogP contribution in [-0.2, 0) is 11.3 Å². The zero-order valence-electron chi connectivity index (χ0n) is 12.9. The average molecular weight is 292 g/mol. The van der Waals surface area contributed by atoms with Crippen LogP contribution in [0.3, 0.4) is 0 Å². The van der Waals surface area contributed by atoms with Crippen molar-refractivity contribution in [2.75, 3.05) is 13.1 Å². The molecule has 0 saturated carbocycles. The van der Waals surface area contributed by atoms with Crippen molar-refractivity contribution in [2.24, 2.45) is 0 Å². The molecule has 116 valence electrons. The summed E-state index contributed by atoms with van der Waals surface area (Å²) >= 11 is 0. The van der Waals surface area contributed by atoms with Gasteiger partial charge in [-0.15, -0.1) is 0 Å². The van der Waals surface area contributed by atoms with Crippen LogP contribution in [-0.4, -0.2) is 51.0 Å². The van der Waals surface area contributed by atoms with Gasteiger partial charge in [0.05, 0.1) is 6.54 Å². The standard InChI is InChI=1S/C15H24N4O2/c1-3-15(20)19-9-5-7-13(19)12-6-4-8-18(12)10-14-16-11(2)21-17-14/h12-13H,3-10H2,1-2H3/t12-,13+/m1/s1. The van der Waals surface area contributed by atoms with Gasteiger partial charge in [-0.2, -0.15) is 4.98 Å². The molecule has 3 heterocycles. The minimum atomic E-state index is 0.291. The first-order chi connectivity index (χ1) is 10.2. The van der Waals surface area contributed by atoms with E-state index >= 15 is 0 Å². The summed E-state index contributed by atoms with van der Waals surface area (Å²) in [5.74, 6) is 1.66. The molecule has 0 unspecified atom stereocenters. The Morgan fingerprint density at radius 3 is 2.76 bits per heavy atom. The highest BCUT2D eigenvalue weighted by atomic mass is 16.5. The monoisotopic (exact) mass is 292 g/mol. The minimum Gasteiger partial charge on any atom is -0.340 e. The molecule has 0 spiro atoms. The molecular formula is C15H24N4O2. The predicted molar refractivity (Wildman–Crippen MR) is 77.5 cm³/mol. The summed E-state index contributed by atoms with van der Waals surface area (Å²) in [5.41, 5.74) is 0. The van der Waals surface area contributed by atoms with Crippen molar-refractivity contribution in [1.82, 2.24) is 19.9 Å². The second-order valence-electron chi connectivity index (χ2n) is 6.06. The molecule has 0 radical (unpaired) electrons. The Kier molecular flexibility index (Phi) is 4.24. The molecule has 1 aromatic heterocycles. The number of likely N-dealkylation sites (tertiary alicyclic amines) is 2. The Morgan fingerprint density at radius 1 is 1.29 bits per heavy atom. The number of hydrogen-bond donors (Lipinski definition) is 0. The van der Waals surface area contributed by atoms with E-state index < -0.39 is 0 Å². The van der Waals surface area contributed by atoms with E-state index in [1.807, 2.05) is 13.8 Å². The maximum atomic E-state index is 12.1. The van der Waals surface area contributed by atoms with Crippen LogP contribution in [0.15, 0.2) is 4.52 Å². The summed E-state index contributed by atoms with van der Waals surface area (Å²) < 4.78 is 5.06. The number of amides is 1. The topological polar surface area (TPSA) is 62.5 Å². The van der Waals surface area contributed by atoms with E-state index in [9.17, 15) is 4.79 Å². The van der Waals surface area contributed by atoms with Gasteiger partial charge in [-0.1, -0.05) is 12.1 Å². The van der Waals surface area contributed by atoms with Crippen LogP contribution in [0.25, 0.3) is 0 Å². The maximum absolute atomic E-state index is 12.1. The molecule has 2 aliphatic rings. The molecule has 0 aromatic carbocycles. The molecule has 3 rings (SSSR count). The Bertz CT molecular complexity index is 502. The van der Waals surface area contributed by atoms with Crippen LogP contribution in [0.1, 0.15) is 50.7 Å². The van der Waals surface area contributed by atoms with Gasteiger partial charge in [0.2, 0.25) is 11.8 Å². The van der Waals surface area contributed by atoms with Crippen molar-refractivity contribution < 1.29 is 9.32 Å². The lowest BCUT2D eigenvalue weighted by Gasteiger charge is -2.34. The second kappa shape index (κ2) is 6.13. The Hall–Kier alpha value is -1.43. The summed E-state index contributed by atoms with van der Waals surface area (Å²) in [6.07, 6.45) is 5.20. The molecule has 2 saturated heterocycles. The third-order valence-electron chi connectivity index (χ3n) is 4.69. The lowest BCUT2D eigenvalue weighted by molar-refractivity contribution is -0.132. The second-order valence-corrected chi connectivity index (χ2v) is 6.06. The smallest absolute Gasteiger partial charge is 0.223 e. The van der Waals surface area contributed by atoms with E-state index in [1.165, 1.54) is 6.42 Å². The van der Waals surface area contributed by atoms with Gasteiger partial charge < -0.3 is 9.42 Å². The number of nitrogens with zero attached hydrogens (tertiary/aromatic N) is 4. The first kappa shape index (κ1) is 14.5. The zero-order valence-corrected chi connectivity index (χ0v) is 12.9. The van der Waals surface area contributed by atoms with E-state index in [0.717, 1.165) is 44.7 Å². The number of rotatable bonds is 4. The lowest BCUT2D eigenvalue weighted by Crippen LogP contribution is -2.47. The molecule has 6 heteroatoms. The van der Waals surface area contributed by atoms with Gasteiger partial charge >= 0.3 is 0 Å². The van der Waals surface area contributed by atoms with Crippen LogP contribution in [0.2, 0.25) is 0 Å². The molecule has 0 aliphatic carbocycles. The van der Waals surface area contributed by atoms with E-state index in [0.29, 0.717) is 30.3 Å². The van der Waals surface area contributed by atoms with Crippen molar-refractivity contribution in [3.05, 3.63) is 11.7 Å². The highest BCUT2D eigenvalue weighted by Gasteiger charge is 2.39. The van der Waals surface area contributed by atoms with Gasteiger partial charge in [-0.25, -0.2) is 0 Å². The minimum absolute atomic E-state index is 0.291. The van der Waals surface area contributed by atoms with Crippen molar-refractivity contribution in [3.63, 3.8) is 0 Å². The van der Waals surface area contributed by atoms with Crippen LogP contribution in [0.5, 0.6) is 0 Å². The summed E-state index contributed by atoms with van der Waals surface area (Å²) in [6.45, 7) is 6.47. The summed E-state index contributed by atoms with van der Waals surface area (Å²) in [7, 11) is 0. The fourth-order valence-electron chi connectivity index (χ4n) is 3.78. The third kappa shape index (κ3) is 2.95. The Morgan fingerprint density at radius 2 is 2.05 bits per heavy atom. The fraction of sp³-hybridized carbons (Fsp3) is 0.800. The van der Waals surface area contributed by atoms with Gasteiger partial charge in [-0.3, -0.25) is 9.69 Å². The predicted octanol–water partition coefficient (Wildman–Crippen LogP) is 1.74. The van der Waals surface area contributed by atoms with Crippen molar-refractivity contribution in [3.8, 4) is 0 Å². The largest absolute Gasteiger partial charge is 0.340 e. The quantitative estimate of drug-likeness (QED) is 0.846. The average Bonchev–Trinajstić information content (AvgIpc) is 3.18. The first-order valence-electron chi connectivity index (χ1n) is 8.01. The summed E-state index contributed by atoms with van der Waals surface area (Å²) in [5, 5.41) is 4.00. The molecule has 2 fully saturated rings. The molecule has 1 aromatic rings. The summed E-state index contributed by atoms with van der Waals surface area (Å²) in [6, 6.07) is 0.815. The molecule has 0 bridgehead atoms. The van der Waals surface area contributed by atoms with Crippen LogP contribution < -0.4 is 0 Å². The van der Waals surface area contributed by atoms with Crippen molar-refractivity contribution in [1.29, 1.82) is 0 Å². The number of carbonyl (C=O) groups is 1. The van der Waals surface area contributed by atoms with Crippen LogP contribution in [0.4, 0.5) is 0 Å². The third-order valence-corrected chi connectivity index (χ3v) is 4.69. The van der Waals surface area contributed by atoms with E-state index in [-0.39, 0.29) is 0 Å². The number of hydrogen-bond acceptors (Lipinski definition) is 5. The van der Waals surface area contributed by atoms with E-state index in [1.54, 1.807) is 0 Å². The Balaban J connectivity index is 1.69. The molecular weight excluding hydrogens is 268 g/mol. The molecule has 2 atom stereocenters. The molecule has 1 amide bonds. The van der Waals surface area contributed by atoms with Crippen molar-refractivity contribution >= 4 is 5.91 Å². The fourth-order valence-corrected chi connectivity index (χ4v) is 3.78. The lowest BCUT2D eigenvalue weighted by atomic mass is 10.0. The number of carbonyl (C=O) groups excluding carboxylic acids is 1. The molecule has 21 heavy (non-hydrogen) atoms. The van der Waals surface area contributed by atoms with Gasteiger partial charge in [0.15, 0.2) is 5.82 Å². The van der Waals surface area contributed by atoms with Gasteiger partial charge in [0.1, 0.15) is 0 Å². The zero-order chi connectivity index (χ0) is 14.8. The van der Waals surface area contributed by atoms with Gasteiger partial charge in [0.25, 0.3) is 0 Å². The van der Waals surface area contributed by atoms with Crippen LogP contribution >= 0.6 is 0 Å². The first-order valence-corrected chi connectivity index (χ1v) is 8.01. The SMILES string of the molecule is CCC(=O)N1CCC[C@H]1[C@H]1CCCN1Cc1noc(C)n1. The van der Waals surface area contributed by atoms with Crippen LogP contribution in [0, 0.1) is 6.92 Å². The van der Waals surface area contributed by atoms with E-state index in [4.69, 9.17) is 4.52 Å². The van der Waals surface area contributed by atoms with Gasteiger partial charge in [-0.05, 0) is 32.2 Å². The number of aromatic nitrogens is 2. The molecule has 0 N–H and O–H groups in total. The van der Waals surface area contributed by atoms with E-state index in [2.05, 4.69) is 19.9 Å². The number of aryl methyl sites for hydroxylation is 1. The highest BCUT2D eigenvalue weighted by molar-refractivity contribution is 5.76. The molecule has 2 aliphatic heterocycles. The maximum Gasteiger partial charge on any atom is 0.223 e. The highest BCUT2D eigenvalue weighted by Crippen LogP contribution is 2.31. The van der Waals surface area contributed by atoms with Crippen molar-refractivity contribution in [2.45, 2.75) is 64.6 Å². The Labute approximate surface area is 125 Å². The normalized spacial score (nSPS) is 26.7. The van der Waals surface area contributed by atoms with Gasteiger partial charge in [0, 0.05) is 32.0 Å².